The number of nitrogens with zero attached hydrogens (tertiary/aromatic N) is 4. The predicted octanol–water partition coefficient (Wildman–Crippen LogP) is 1.40. The Balaban J connectivity index is 1.28. The molecule has 4 rings (SSSR count). The molecule has 1 saturated heterocycles. The van der Waals surface area contributed by atoms with Gasteiger partial charge < -0.3 is 39.8 Å². The van der Waals surface area contributed by atoms with E-state index in [0.29, 0.717) is 42.9 Å². The first-order valence-corrected chi connectivity index (χ1v) is 14.1. The highest BCUT2D eigenvalue weighted by Crippen LogP contribution is 2.34. The molecule has 4 N–H and O–H groups in total. The van der Waals surface area contributed by atoms with Crippen LogP contribution in [0.25, 0.3) is 11.2 Å². The number of aliphatic hydroxyl groups excluding tert-OH is 2. The topological polar surface area (TPSA) is 179 Å². The van der Waals surface area contributed by atoms with Crippen molar-refractivity contribution in [1.29, 1.82) is 0 Å². The Hall–Kier alpha value is -3.53. The number of unbranched alkanes of at least 4 members (excludes halogenated alkanes) is 2. The number of aliphatic hydroxyl groups is 2. The van der Waals surface area contributed by atoms with E-state index in [1.165, 1.54) is 12.7 Å². The number of hydrogen-bond acceptors (Lipinski definition) is 11. The van der Waals surface area contributed by atoms with Crippen LogP contribution in [-0.4, -0.2) is 99.6 Å². The number of amides is 2. The van der Waals surface area contributed by atoms with Crippen molar-refractivity contribution in [2.24, 2.45) is 0 Å². The van der Waals surface area contributed by atoms with Crippen LogP contribution in [0.2, 0.25) is 0 Å². The molecule has 1 fully saturated rings. The number of anilines is 1. The van der Waals surface area contributed by atoms with E-state index in [0.717, 1.165) is 19.3 Å². The fourth-order valence-electron chi connectivity index (χ4n) is 4.46. The lowest BCUT2D eigenvalue weighted by molar-refractivity contribution is -0.143. The molecular weight excluding hydrogens is 548 g/mol. The van der Waals surface area contributed by atoms with Crippen molar-refractivity contribution in [3.63, 3.8) is 0 Å². The van der Waals surface area contributed by atoms with Gasteiger partial charge in [0.15, 0.2) is 23.2 Å². The molecule has 3 aromatic rings. The van der Waals surface area contributed by atoms with E-state index in [1.807, 2.05) is 6.07 Å². The number of carbonyl (C=O) groups excluding carboxylic acids is 2. The molecule has 228 valence electrons. The van der Waals surface area contributed by atoms with E-state index in [1.54, 1.807) is 28.8 Å². The van der Waals surface area contributed by atoms with Crippen LogP contribution in [0, 0.1) is 0 Å². The summed E-state index contributed by atoms with van der Waals surface area (Å²) in [4.78, 5) is 37.2. The SMILES string of the molecule is CCCCCC(=O)NCCOCCOCOC1C(O)[C@@H](CO)O[C@H]1n1cnc2c(NC(=O)c3ccccc3)ncnc21. The molecule has 1 aromatic carbocycles. The zero-order chi connectivity index (χ0) is 29.7. The molecule has 0 aliphatic carbocycles. The molecule has 2 unspecified atom stereocenters. The van der Waals surface area contributed by atoms with Crippen molar-refractivity contribution in [3.8, 4) is 0 Å². The van der Waals surface area contributed by atoms with Crippen LogP contribution in [0.5, 0.6) is 0 Å². The van der Waals surface area contributed by atoms with Gasteiger partial charge in [-0.15, -0.1) is 0 Å². The Labute approximate surface area is 243 Å². The Bertz CT molecular complexity index is 1280. The van der Waals surface area contributed by atoms with Gasteiger partial charge in [0, 0.05) is 18.5 Å². The molecule has 3 heterocycles. The van der Waals surface area contributed by atoms with Crippen LogP contribution in [0.15, 0.2) is 43.0 Å². The lowest BCUT2D eigenvalue weighted by Gasteiger charge is -2.22. The van der Waals surface area contributed by atoms with Crippen LogP contribution in [-0.2, 0) is 23.7 Å². The summed E-state index contributed by atoms with van der Waals surface area (Å²) in [6.45, 7) is 2.81. The van der Waals surface area contributed by atoms with E-state index >= 15 is 0 Å². The van der Waals surface area contributed by atoms with E-state index < -0.39 is 31.1 Å². The molecule has 1 aliphatic heterocycles. The Kier molecular flexibility index (Phi) is 12.1. The molecule has 2 aromatic heterocycles. The zero-order valence-corrected chi connectivity index (χ0v) is 23.6. The summed E-state index contributed by atoms with van der Waals surface area (Å²) in [6, 6.07) is 8.69. The summed E-state index contributed by atoms with van der Waals surface area (Å²) in [7, 11) is 0. The Morgan fingerprint density at radius 3 is 2.67 bits per heavy atom. The second kappa shape index (κ2) is 16.2. The van der Waals surface area contributed by atoms with Gasteiger partial charge in [0.05, 0.1) is 32.8 Å². The van der Waals surface area contributed by atoms with Gasteiger partial charge in [-0.25, -0.2) is 15.0 Å². The highest BCUT2D eigenvalue weighted by atomic mass is 16.7. The predicted molar refractivity (Wildman–Crippen MR) is 150 cm³/mol. The molecule has 0 bridgehead atoms. The number of fused-ring (bicyclic) bond motifs is 1. The molecule has 0 saturated carbocycles. The minimum atomic E-state index is -1.16. The Morgan fingerprint density at radius 1 is 1.07 bits per heavy atom. The van der Waals surface area contributed by atoms with Crippen molar-refractivity contribution >= 4 is 28.8 Å². The van der Waals surface area contributed by atoms with E-state index in [4.69, 9.17) is 18.9 Å². The average molecular weight is 587 g/mol. The monoisotopic (exact) mass is 586 g/mol. The number of benzene rings is 1. The number of hydrogen-bond donors (Lipinski definition) is 4. The standard InChI is InChI=1S/C28H38N6O8/c1-2-3-5-10-21(36)29-11-12-39-13-14-40-18-41-24-23(37)20(15-35)42-28(24)34-17-32-22-25(30-16-31-26(22)34)33-27(38)19-8-6-4-7-9-19/h4,6-9,16-17,20,23-24,28,35,37H,2-3,5,10-15,18H2,1H3,(H,29,36)(H,30,31,33,38)/t20-,23?,24?,28-/m1/s1. The summed E-state index contributed by atoms with van der Waals surface area (Å²) >= 11 is 0. The van der Waals surface area contributed by atoms with Gasteiger partial charge in [-0.2, -0.15) is 0 Å². The minimum absolute atomic E-state index is 0.0232. The van der Waals surface area contributed by atoms with Crippen LogP contribution >= 0.6 is 0 Å². The first kappa shape index (κ1) is 31.4. The maximum Gasteiger partial charge on any atom is 0.256 e. The first-order chi connectivity index (χ1) is 20.5. The summed E-state index contributed by atoms with van der Waals surface area (Å²) < 4.78 is 24.2. The van der Waals surface area contributed by atoms with E-state index in [-0.39, 0.29) is 31.0 Å². The molecule has 42 heavy (non-hydrogen) atoms. The van der Waals surface area contributed by atoms with Gasteiger partial charge in [-0.3, -0.25) is 14.2 Å². The molecular formula is C28H38N6O8. The third-order valence-corrected chi connectivity index (χ3v) is 6.69. The van der Waals surface area contributed by atoms with Crippen LogP contribution < -0.4 is 10.6 Å². The molecule has 14 heteroatoms. The maximum atomic E-state index is 12.7. The van der Waals surface area contributed by atoms with Gasteiger partial charge in [0.1, 0.15) is 31.4 Å². The van der Waals surface area contributed by atoms with Gasteiger partial charge in [-0.1, -0.05) is 38.0 Å². The van der Waals surface area contributed by atoms with Crippen molar-refractivity contribution < 1.29 is 38.7 Å². The summed E-state index contributed by atoms with van der Waals surface area (Å²) in [5, 5.41) is 26.0. The normalized spacial score (nSPS) is 20.2. The lowest BCUT2D eigenvalue weighted by atomic mass is 10.1. The lowest BCUT2D eigenvalue weighted by Crippen LogP contribution is -2.36. The van der Waals surface area contributed by atoms with E-state index in [2.05, 4.69) is 32.5 Å². The smallest absolute Gasteiger partial charge is 0.256 e. The number of nitrogens with one attached hydrogen (secondary N) is 2. The fourth-order valence-corrected chi connectivity index (χ4v) is 4.46. The number of rotatable bonds is 17. The molecule has 0 spiro atoms. The van der Waals surface area contributed by atoms with Crippen LogP contribution in [0.1, 0.15) is 49.2 Å². The molecule has 2 amide bonds. The molecule has 4 atom stereocenters. The summed E-state index contributed by atoms with van der Waals surface area (Å²) in [6.07, 6.45) is 2.38. The number of ether oxygens (including phenoxy) is 4. The maximum absolute atomic E-state index is 12.7. The number of carbonyl (C=O) groups is 2. The average Bonchev–Trinajstić information content (AvgIpc) is 3.57. The third-order valence-electron chi connectivity index (χ3n) is 6.69. The quantitative estimate of drug-likeness (QED) is 0.133. The van der Waals surface area contributed by atoms with Crippen molar-refractivity contribution in [3.05, 3.63) is 48.5 Å². The molecule has 14 nitrogen and oxygen atoms in total. The van der Waals surface area contributed by atoms with Crippen molar-refractivity contribution in [1.82, 2.24) is 24.8 Å². The first-order valence-electron chi connectivity index (χ1n) is 14.1. The van der Waals surface area contributed by atoms with Crippen molar-refractivity contribution in [2.75, 3.05) is 45.1 Å². The second-order valence-corrected chi connectivity index (χ2v) is 9.68. The minimum Gasteiger partial charge on any atom is -0.394 e. The highest BCUT2D eigenvalue weighted by Gasteiger charge is 2.46. The summed E-state index contributed by atoms with van der Waals surface area (Å²) in [5.41, 5.74) is 1.11. The van der Waals surface area contributed by atoms with Gasteiger partial charge >= 0.3 is 0 Å². The second-order valence-electron chi connectivity index (χ2n) is 9.68. The largest absolute Gasteiger partial charge is 0.394 e. The number of imidazole rings is 1. The summed E-state index contributed by atoms with van der Waals surface area (Å²) in [5.74, 6) is -0.121. The van der Waals surface area contributed by atoms with Crippen LogP contribution in [0.3, 0.4) is 0 Å². The zero-order valence-electron chi connectivity index (χ0n) is 23.6. The van der Waals surface area contributed by atoms with E-state index in [9.17, 15) is 19.8 Å². The fraction of sp³-hybridized carbons (Fsp3) is 0.536. The molecule has 1 aliphatic rings. The molecule has 0 radical (unpaired) electrons. The number of aromatic nitrogens is 4. The van der Waals surface area contributed by atoms with Gasteiger partial charge in [0.2, 0.25) is 5.91 Å². The highest BCUT2D eigenvalue weighted by molar-refractivity contribution is 6.06. The Morgan fingerprint density at radius 2 is 1.88 bits per heavy atom. The van der Waals surface area contributed by atoms with Crippen LogP contribution in [0.4, 0.5) is 5.82 Å². The third kappa shape index (κ3) is 8.27. The van der Waals surface area contributed by atoms with Gasteiger partial charge in [0.25, 0.3) is 5.91 Å². The van der Waals surface area contributed by atoms with Gasteiger partial charge in [-0.05, 0) is 18.6 Å². The van der Waals surface area contributed by atoms with Crippen molar-refractivity contribution in [2.45, 2.75) is 57.1 Å².